The zero-order valence-corrected chi connectivity index (χ0v) is 59.9. The largest absolute Gasteiger partial charge is 0.311 e. The smallest absolute Gasteiger partial charge is 0.252 e. The van der Waals surface area contributed by atoms with Gasteiger partial charge in [-0.3, -0.25) is 0 Å². The van der Waals surface area contributed by atoms with Gasteiger partial charge in [0.25, 0.3) is 6.71 Å². The molecule has 8 aromatic carbocycles. The van der Waals surface area contributed by atoms with Crippen LogP contribution >= 0.6 is 0 Å². The summed E-state index contributed by atoms with van der Waals surface area (Å²) in [5, 5.41) is 0. The fourth-order valence-electron chi connectivity index (χ4n) is 17.6. The lowest BCUT2D eigenvalue weighted by Gasteiger charge is -2.49. The Bertz CT molecular complexity index is 4270. The molecule has 0 unspecified atom stereocenters. The molecular formula is C87H104BN3. The van der Waals surface area contributed by atoms with Gasteiger partial charge in [0.2, 0.25) is 0 Å². The molecule has 0 bridgehead atoms. The lowest BCUT2D eigenvalue weighted by atomic mass is 9.32. The van der Waals surface area contributed by atoms with E-state index in [-0.39, 0.29) is 60.9 Å². The van der Waals surface area contributed by atoms with Gasteiger partial charge >= 0.3 is 0 Å². The van der Waals surface area contributed by atoms with E-state index in [0.29, 0.717) is 0 Å². The Hall–Kier alpha value is -6.78. The van der Waals surface area contributed by atoms with Gasteiger partial charge < -0.3 is 14.7 Å². The van der Waals surface area contributed by atoms with E-state index in [1.807, 2.05) is 0 Å². The summed E-state index contributed by atoms with van der Waals surface area (Å²) >= 11 is 0. The predicted octanol–water partition coefficient (Wildman–Crippen LogP) is 22.5. The van der Waals surface area contributed by atoms with E-state index < -0.39 is 0 Å². The van der Waals surface area contributed by atoms with E-state index in [4.69, 9.17) is 0 Å². The number of benzene rings is 8. The third kappa shape index (κ3) is 9.51. The van der Waals surface area contributed by atoms with Crippen molar-refractivity contribution < 1.29 is 0 Å². The van der Waals surface area contributed by atoms with Crippen LogP contribution in [0.1, 0.15) is 259 Å². The summed E-state index contributed by atoms with van der Waals surface area (Å²) in [5.41, 5.74) is 33.5. The van der Waals surface area contributed by atoms with Crippen LogP contribution in [0.25, 0.3) is 11.1 Å². The van der Waals surface area contributed by atoms with Crippen LogP contribution in [0, 0.1) is 0 Å². The van der Waals surface area contributed by atoms with Crippen LogP contribution in [0.4, 0.5) is 51.2 Å². The number of hydrogen-bond donors (Lipinski definition) is 0. The second-order valence-corrected chi connectivity index (χ2v) is 36.7. The van der Waals surface area contributed by atoms with Crippen molar-refractivity contribution in [2.75, 3.05) is 14.7 Å². The lowest BCUT2D eigenvalue weighted by Crippen LogP contribution is -2.62. The summed E-state index contributed by atoms with van der Waals surface area (Å²) in [6.07, 6.45) is 6.91. The van der Waals surface area contributed by atoms with Crippen molar-refractivity contribution >= 4 is 74.3 Å². The summed E-state index contributed by atoms with van der Waals surface area (Å²) in [4.78, 5) is 8.18. The molecule has 8 aromatic rings. The van der Waals surface area contributed by atoms with E-state index in [9.17, 15) is 0 Å². The van der Waals surface area contributed by atoms with Crippen molar-refractivity contribution in [3.05, 3.63) is 201 Å². The quantitative estimate of drug-likeness (QED) is 0.159. The number of anilines is 9. The summed E-state index contributed by atoms with van der Waals surface area (Å²) in [6.45, 7) is 56.1. The molecule has 6 aliphatic rings. The second kappa shape index (κ2) is 19.6. The van der Waals surface area contributed by atoms with Gasteiger partial charge in [-0.25, -0.2) is 0 Å². The highest BCUT2D eigenvalue weighted by Gasteiger charge is 2.51. The van der Waals surface area contributed by atoms with Crippen LogP contribution < -0.4 is 31.1 Å². The Balaban J connectivity index is 1.17. The third-order valence-corrected chi connectivity index (χ3v) is 24.1. The van der Waals surface area contributed by atoms with E-state index in [2.05, 4.69) is 313 Å². The fraction of sp³-hybridized carbons (Fsp3) is 0.448. The first kappa shape index (κ1) is 61.7. The fourth-order valence-corrected chi connectivity index (χ4v) is 17.6. The van der Waals surface area contributed by atoms with Gasteiger partial charge in [-0.1, -0.05) is 232 Å². The number of fused-ring (bicyclic) bond motifs is 10. The van der Waals surface area contributed by atoms with Gasteiger partial charge in [0.15, 0.2) is 0 Å². The molecule has 0 saturated carbocycles. The van der Waals surface area contributed by atoms with Gasteiger partial charge in [0.1, 0.15) is 0 Å². The molecule has 470 valence electrons. The lowest BCUT2D eigenvalue weighted by molar-refractivity contribution is 0.332. The molecule has 0 spiro atoms. The molecule has 0 atom stereocenters. The van der Waals surface area contributed by atoms with Crippen molar-refractivity contribution in [1.82, 2.24) is 0 Å². The topological polar surface area (TPSA) is 9.72 Å². The maximum absolute atomic E-state index is 2.81. The molecule has 0 saturated heterocycles. The van der Waals surface area contributed by atoms with Crippen LogP contribution in [0.5, 0.6) is 0 Å². The highest BCUT2D eigenvalue weighted by Crippen LogP contribution is 2.59. The summed E-state index contributed by atoms with van der Waals surface area (Å²) < 4.78 is 0. The molecule has 2 heterocycles. The predicted molar refractivity (Wildman–Crippen MR) is 395 cm³/mol. The first-order valence-electron chi connectivity index (χ1n) is 34.8. The molecule has 3 nitrogen and oxygen atoms in total. The van der Waals surface area contributed by atoms with Crippen LogP contribution in [-0.2, 0) is 54.1 Å². The molecule has 0 amide bonds. The molecular weight excluding hydrogens is 1100 g/mol. The van der Waals surface area contributed by atoms with Crippen LogP contribution in [0.15, 0.2) is 140 Å². The normalized spacial score (nSPS) is 19.7. The summed E-state index contributed by atoms with van der Waals surface area (Å²) in [7, 11) is 0. The highest BCUT2D eigenvalue weighted by atomic mass is 15.2. The average Bonchev–Trinajstić information content (AvgIpc) is 1.18. The zero-order chi connectivity index (χ0) is 65.2. The number of hydrogen-bond acceptors (Lipinski definition) is 3. The van der Waals surface area contributed by atoms with Crippen molar-refractivity contribution in [2.45, 2.75) is 252 Å². The minimum atomic E-state index is -0.230. The molecule has 14 rings (SSSR count). The van der Waals surface area contributed by atoms with Gasteiger partial charge in [-0.2, -0.15) is 0 Å². The first-order chi connectivity index (χ1) is 42.2. The highest BCUT2D eigenvalue weighted by molar-refractivity contribution is 7.00. The van der Waals surface area contributed by atoms with Crippen LogP contribution in [0.2, 0.25) is 0 Å². The van der Waals surface area contributed by atoms with Crippen molar-refractivity contribution in [3.63, 3.8) is 0 Å². The van der Waals surface area contributed by atoms with Gasteiger partial charge in [0, 0.05) is 50.8 Å². The SMILES string of the molecule is CC(C)(C)c1ccc(N(c2ccc(C(C)(C)C)cc2)c2cc3c4c(c2)N(c2cccc5c2-c2ccc(C(C)(C)C)cc2C5(C)C)c2cc5c(cc2B4c2cc4c(cc2N3c2ccc3c(c2)C(C)(C)CCC3(C)C)C(C)(C)CCC4(C)C)C(C)(C)CCC5(C)C)cc1. The molecule has 0 N–H and O–H groups in total. The molecule has 0 aromatic heterocycles. The maximum Gasteiger partial charge on any atom is 0.252 e. The Morgan fingerprint density at radius 1 is 0.330 bits per heavy atom. The number of rotatable bonds is 5. The van der Waals surface area contributed by atoms with E-state index >= 15 is 0 Å². The average molecular weight is 1200 g/mol. The van der Waals surface area contributed by atoms with Gasteiger partial charge in [0.05, 0.1) is 11.4 Å². The molecule has 4 heteroatoms. The van der Waals surface area contributed by atoms with Gasteiger partial charge in [-0.05, 0) is 237 Å². The van der Waals surface area contributed by atoms with Gasteiger partial charge in [-0.15, -0.1) is 0 Å². The second-order valence-electron chi connectivity index (χ2n) is 36.7. The standard InChI is InChI=1S/C87H104BN3/c1-78(2,3)53-27-32-56(33-28-53)89(57-34-29-54(30-35-57)79(4,5)6)59-47-74-77-75(48-59)91(71-26-24-25-62-76(71)60-37-31-55(80(7,8)9)45-63(60)87(62,22)23)73-52-68-66(84(16,17)42-44-86(68,20)21)50-70(73)88(77)69-49-65-67(85(18,19)43-41-83(65,14)15)51-72(69)90(74)58-36-38-61-64(46-58)82(12,13)40-39-81(61,10)11/h24-38,45-52H,39-44H2,1-23H3. The first-order valence-corrected chi connectivity index (χ1v) is 34.8. The zero-order valence-electron chi connectivity index (χ0n) is 59.9. The number of nitrogens with zero attached hydrogens (tertiary/aromatic N) is 3. The molecule has 4 aliphatic carbocycles. The van der Waals surface area contributed by atoms with Crippen LogP contribution in [-0.4, -0.2) is 6.71 Å². The summed E-state index contributed by atoms with van der Waals surface area (Å²) in [6, 6.07) is 57.8. The Kier molecular flexibility index (Phi) is 13.3. The van der Waals surface area contributed by atoms with Crippen molar-refractivity contribution in [1.29, 1.82) is 0 Å². The summed E-state index contributed by atoms with van der Waals surface area (Å²) in [5.74, 6) is 0. The Labute approximate surface area is 549 Å². The van der Waals surface area contributed by atoms with E-state index in [1.54, 1.807) is 0 Å². The van der Waals surface area contributed by atoms with E-state index in [0.717, 1.165) is 49.2 Å². The maximum atomic E-state index is 2.81. The Morgan fingerprint density at radius 3 is 1.20 bits per heavy atom. The monoisotopic (exact) mass is 1200 g/mol. The molecule has 2 aliphatic heterocycles. The van der Waals surface area contributed by atoms with Crippen LogP contribution in [0.3, 0.4) is 0 Å². The molecule has 91 heavy (non-hydrogen) atoms. The molecule has 0 radical (unpaired) electrons. The minimum absolute atomic E-state index is 0.00120. The minimum Gasteiger partial charge on any atom is -0.311 e. The van der Waals surface area contributed by atoms with Crippen molar-refractivity contribution in [2.24, 2.45) is 0 Å². The molecule has 0 fully saturated rings. The third-order valence-electron chi connectivity index (χ3n) is 24.1. The Morgan fingerprint density at radius 2 is 0.736 bits per heavy atom. The van der Waals surface area contributed by atoms with Crippen molar-refractivity contribution in [3.8, 4) is 11.1 Å². The van der Waals surface area contributed by atoms with E-state index in [1.165, 1.54) is 129 Å².